The highest BCUT2D eigenvalue weighted by atomic mass is 35.5. The normalized spacial score (nSPS) is 10.6. The highest BCUT2D eigenvalue weighted by Gasteiger charge is 2.09. The molecule has 2 N–H and O–H groups in total. The number of nitrogens with one attached hydrogen (secondary N) is 1. The van der Waals surface area contributed by atoms with Crippen molar-refractivity contribution in [3.63, 3.8) is 0 Å². The van der Waals surface area contributed by atoms with E-state index in [2.05, 4.69) is 15.6 Å². The van der Waals surface area contributed by atoms with E-state index in [0.717, 1.165) is 6.07 Å². The van der Waals surface area contributed by atoms with Gasteiger partial charge in [0.2, 0.25) is 5.91 Å². The van der Waals surface area contributed by atoms with Gasteiger partial charge in [-0.25, -0.2) is 9.07 Å². The summed E-state index contributed by atoms with van der Waals surface area (Å²) in [7, 11) is 0. The number of hydrogen-bond donors (Lipinski definition) is 2. The second-order valence-electron chi connectivity index (χ2n) is 4.05. The van der Waals surface area contributed by atoms with Gasteiger partial charge in [-0.05, 0) is 18.2 Å². The summed E-state index contributed by atoms with van der Waals surface area (Å²) >= 11 is 5.80. The van der Waals surface area contributed by atoms with E-state index in [1.807, 2.05) is 0 Å². The average molecular weight is 299 g/mol. The molecule has 0 aliphatic carbocycles. The quantitative estimate of drug-likeness (QED) is 0.870. The number of amides is 1. The number of aliphatic hydroxyl groups is 1. The zero-order chi connectivity index (χ0) is 14.5. The van der Waals surface area contributed by atoms with E-state index in [-0.39, 0.29) is 24.1 Å². The van der Waals surface area contributed by atoms with Crippen molar-refractivity contribution < 1.29 is 14.3 Å². The van der Waals surface area contributed by atoms with Crippen molar-refractivity contribution in [2.75, 3.05) is 11.9 Å². The van der Waals surface area contributed by atoms with Gasteiger partial charge in [0.1, 0.15) is 12.4 Å². The third-order valence-corrected chi connectivity index (χ3v) is 2.78. The molecule has 2 aromatic rings. The number of carbonyl (C=O) groups is 1. The number of nitrogens with zero attached hydrogens (tertiary/aromatic N) is 3. The van der Waals surface area contributed by atoms with Crippen LogP contribution in [0.1, 0.15) is 5.69 Å². The lowest BCUT2D eigenvalue weighted by molar-refractivity contribution is -0.116. The third kappa shape index (κ3) is 3.75. The Morgan fingerprint density at radius 2 is 2.30 bits per heavy atom. The number of rotatable bonds is 5. The highest BCUT2D eigenvalue weighted by molar-refractivity contribution is 6.33. The lowest BCUT2D eigenvalue weighted by atomic mass is 10.3. The third-order valence-electron chi connectivity index (χ3n) is 2.46. The molecule has 1 aromatic heterocycles. The van der Waals surface area contributed by atoms with Gasteiger partial charge in [0.05, 0.1) is 16.4 Å². The molecule has 0 unspecified atom stereocenters. The van der Waals surface area contributed by atoms with Crippen LogP contribution in [0.25, 0.3) is 0 Å². The van der Waals surface area contributed by atoms with Crippen molar-refractivity contribution in [2.24, 2.45) is 0 Å². The van der Waals surface area contributed by atoms with Gasteiger partial charge >= 0.3 is 0 Å². The Morgan fingerprint density at radius 3 is 3.00 bits per heavy atom. The zero-order valence-electron chi connectivity index (χ0n) is 10.4. The largest absolute Gasteiger partial charge is 0.396 e. The second-order valence-corrected chi connectivity index (χ2v) is 4.46. The predicted molar refractivity (Wildman–Crippen MR) is 70.9 cm³/mol. The molecule has 0 fully saturated rings. The number of aromatic nitrogens is 3. The predicted octanol–water partition coefficient (Wildman–Crippen LogP) is 1.24. The van der Waals surface area contributed by atoms with Crippen molar-refractivity contribution in [1.82, 2.24) is 15.0 Å². The summed E-state index contributed by atoms with van der Waals surface area (Å²) in [4.78, 5) is 11.8. The Bertz CT molecular complexity index is 617. The topological polar surface area (TPSA) is 80.0 Å². The molecule has 0 aliphatic heterocycles. The summed E-state index contributed by atoms with van der Waals surface area (Å²) in [6.07, 6.45) is 1.95. The van der Waals surface area contributed by atoms with E-state index in [9.17, 15) is 9.18 Å². The number of benzene rings is 1. The average Bonchev–Trinajstić information content (AvgIpc) is 2.81. The van der Waals surface area contributed by atoms with Gasteiger partial charge in [0.25, 0.3) is 0 Å². The summed E-state index contributed by atoms with van der Waals surface area (Å²) in [6.45, 7) is -0.0811. The van der Waals surface area contributed by atoms with Crippen LogP contribution in [0.15, 0.2) is 24.4 Å². The molecule has 0 atom stereocenters. The van der Waals surface area contributed by atoms with Gasteiger partial charge in [-0.15, -0.1) is 5.10 Å². The van der Waals surface area contributed by atoms with Crippen LogP contribution in [0, 0.1) is 5.82 Å². The van der Waals surface area contributed by atoms with Crippen LogP contribution in [-0.2, 0) is 17.8 Å². The van der Waals surface area contributed by atoms with Crippen LogP contribution >= 0.6 is 11.6 Å². The fourth-order valence-electron chi connectivity index (χ4n) is 1.57. The molecule has 0 bridgehead atoms. The van der Waals surface area contributed by atoms with Crippen molar-refractivity contribution in [3.8, 4) is 0 Å². The van der Waals surface area contributed by atoms with E-state index in [1.165, 1.54) is 16.8 Å². The summed E-state index contributed by atoms with van der Waals surface area (Å²) in [5.74, 6) is -0.836. The van der Waals surface area contributed by atoms with Crippen molar-refractivity contribution in [1.29, 1.82) is 0 Å². The highest BCUT2D eigenvalue weighted by Crippen LogP contribution is 2.22. The van der Waals surface area contributed by atoms with Gasteiger partial charge in [-0.2, -0.15) is 0 Å². The van der Waals surface area contributed by atoms with E-state index < -0.39 is 5.82 Å². The van der Waals surface area contributed by atoms with Crippen LogP contribution in [0.5, 0.6) is 0 Å². The molecular formula is C12H12ClFN4O2. The molecule has 1 amide bonds. The van der Waals surface area contributed by atoms with Crippen LogP contribution in [0.4, 0.5) is 10.1 Å². The SMILES string of the molecule is O=C(Cn1cc(CCO)nn1)Nc1ccc(F)cc1Cl. The molecule has 106 valence electrons. The number of halogens is 2. The Hall–Kier alpha value is -1.99. The maximum Gasteiger partial charge on any atom is 0.246 e. The van der Waals surface area contributed by atoms with Crippen LogP contribution in [0.3, 0.4) is 0 Å². The molecule has 0 spiro atoms. The Morgan fingerprint density at radius 1 is 1.50 bits per heavy atom. The monoisotopic (exact) mass is 298 g/mol. The van der Waals surface area contributed by atoms with Crippen LogP contribution < -0.4 is 5.32 Å². The maximum absolute atomic E-state index is 12.9. The Balaban J connectivity index is 1.97. The minimum Gasteiger partial charge on any atom is -0.396 e. The molecule has 1 aromatic carbocycles. The van der Waals surface area contributed by atoms with E-state index in [0.29, 0.717) is 17.8 Å². The first-order valence-corrected chi connectivity index (χ1v) is 6.21. The summed E-state index contributed by atoms with van der Waals surface area (Å²) in [5, 5.41) is 19.0. The molecule has 2 rings (SSSR count). The Kier molecular flexibility index (Phi) is 4.65. The first-order valence-electron chi connectivity index (χ1n) is 5.83. The number of aliphatic hydroxyl groups excluding tert-OH is 1. The van der Waals surface area contributed by atoms with Gasteiger partial charge in [0.15, 0.2) is 0 Å². The minimum absolute atomic E-state index is 0.0317. The first kappa shape index (κ1) is 14.4. The van der Waals surface area contributed by atoms with E-state index >= 15 is 0 Å². The first-order chi connectivity index (χ1) is 9.58. The van der Waals surface area contributed by atoms with Crippen LogP contribution in [-0.4, -0.2) is 32.6 Å². The molecule has 1 heterocycles. The molecule has 0 radical (unpaired) electrons. The molecule has 0 saturated carbocycles. The Labute approximate surface area is 119 Å². The molecule has 8 heteroatoms. The molecule has 0 aliphatic rings. The second kappa shape index (κ2) is 6.44. The minimum atomic E-state index is -0.474. The molecule has 0 saturated heterocycles. The van der Waals surface area contributed by atoms with Gasteiger partial charge in [-0.1, -0.05) is 16.8 Å². The van der Waals surface area contributed by atoms with Crippen molar-refractivity contribution >= 4 is 23.2 Å². The lowest BCUT2D eigenvalue weighted by Crippen LogP contribution is -2.19. The number of carbonyl (C=O) groups excluding carboxylic acids is 1. The molecule has 6 nitrogen and oxygen atoms in total. The van der Waals surface area contributed by atoms with E-state index in [4.69, 9.17) is 16.7 Å². The smallest absolute Gasteiger partial charge is 0.246 e. The van der Waals surface area contributed by atoms with E-state index in [1.54, 1.807) is 6.20 Å². The van der Waals surface area contributed by atoms with Crippen molar-refractivity contribution in [2.45, 2.75) is 13.0 Å². The molecule has 20 heavy (non-hydrogen) atoms. The fraction of sp³-hybridized carbons (Fsp3) is 0.250. The van der Waals surface area contributed by atoms with Gasteiger partial charge in [-0.3, -0.25) is 4.79 Å². The standard InChI is InChI=1S/C12H12ClFN4O2/c13-10-5-8(14)1-2-11(10)15-12(20)7-18-6-9(3-4-19)16-17-18/h1-2,5-6,19H,3-4,7H2,(H,15,20). The van der Waals surface area contributed by atoms with Gasteiger partial charge < -0.3 is 10.4 Å². The molecular weight excluding hydrogens is 287 g/mol. The number of anilines is 1. The zero-order valence-corrected chi connectivity index (χ0v) is 11.1. The van der Waals surface area contributed by atoms with Crippen LogP contribution in [0.2, 0.25) is 5.02 Å². The van der Waals surface area contributed by atoms with Crippen molar-refractivity contribution in [3.05, 3.63) is 40.9 Å². The summed E-state index contributed by atoms with van der Waals surface area (Å²) in [6, 6.07) is 3.70. The number of hydrogen-bond acceptors (Lipinski definition) is 4. The van der Waals surface area contributed by atoms with Gasteiger partial charge in [0, 0.05) is 19.2 Å². The summed E-state index contributed by atoms with van der Waals surface area (Å²) < 4.78 is 14.2. The lowest BCUT2D eigenvalue weighted by Gasteiger charge is -2.06. The summed E-state index contributed by atoms with van der Waals surface area (Å²) in [5.41, 5.74) is 0.925. The fourth-order valence-corrected chi connectivity index (χ4v) is 1.79. The maximum atomic E-state index is 12.9.